The third-order valence-electron chi connectivity index (χ3n) is 1.19. The molecule has 1 aromatic heterocycles. The Morgan fingerprint density at radius 1 is 1.56 bits per heavy atom. The van der Waals surface area contributed by atoms with Gasteiger partial charge in [-0.2, -0.15) is 0 Å². The van der Waals surface area contributed by atoms with Crippen LogP contribution < -0.4 is 5.73 Å². The van der Waals surface area contributed by atoms with E-state index in [1.165, 1.54) is 0 Å². The summed E-state index contributed by atoms with van der Waals surface area (Å²) in [5, 5.41) is 0.620. The van der Waals surface area contributed by atoms with Gasteiger partial charge in [-0.05, 0) is 12.5 Å². The minimum atomic E-state index is 0.620. The van der Waals surface area contributed by atoms with Crippen LogP contribution in [0.4, 0.5) is 5.69 Å². The van der Waals surface area contributed by atoms with Crippen LogP contribution in [0, 0.1) is 6.92 Å². The zero-order valence-corrected chi connectivity index (χ0v) is 5.81. The molecule has 1 heterocycles. The first-order chi connectivity index (χ1) is 4.22. The number of halogens is 1. The molecule has 0 amide bonds. The lowest BCUT2D eigenvalue weighted by atomic mass is 10.3. The molecular weight excluding hydrogens is 136 g/mol. The van der Waals surface area contributed by atoms with Crippen molar-refractivity contribution in [2.45, 2.75) is 6.92 Å². The minimum absolute atomic E-state index is 0.620. The molecule has 1 aromatic rings. The predicted octanol–water partition coefficient (Wildman–Crippen LogP) is 1.63. The molecule has 0 aliphatic heterocycles. The van der Waals surface area contributed by atoms with Crippen LogP contribution in [-0.2, 0) is 0 Å². The normalized spacial score (nSPS) is 9.56. The average molecular weight is 143 g/mol. The van der Waals surface area contributed by atoms with Crippen molar-refractivity contribution >= 4 is 17.3 Å². The Kier molecular flexibility index (Phi) is 1.58. The highest BCUT2D eigenvalue weighted by molar-refractivity contribution is 6.31. The van der Waals surface area contributed by atoms with Crippen molar-refractivity contribution in [3.05, 3.63) is 23.0 Å². The largest absolute Gasteiger partial charge is 0.397 e. The Balaban J connectivity index is 3.25. The second-order valence-corrected chi connectivity index (χ2v) is 2.24. The van der Waals surface area contributed by atoms with Gasteiger partial charge >= 0.3 is 0 Å². The fourth-order valence-corrected chi connectivity index (χ4v) is 0.680. The van der Waals surface area contributed by atoms with Crippen molar-refractivity contribution in [1.82, 2.24) is 4.98 Å². The molecule has 0 aliphatic carbocycles. The summed E-state index contributed by atoms with van der Waals surface area (Å²) in [6.07, 6.45) is 3.16. The molecule has 0 atom stereocenters. The van der Waals surface area contributed by atoms with Gasteiger partial charge < -0.3 is 5.73 Å². The summed E-state index contributed by atoms with van der Waals surface area (Å²) in [4.78, 5) is 3.79. The van der Waals surface area contributed by atoms with Gasteiger partial charge in [-0.1, -0.05) is 11.6 Å². The molecule has 2 N–H and O–H groups in total. The van der Waals surface area contributed by atoms with Crippen molar-refractivity contribution in [2.24, 2.45) is 0 Å². The second kappa shape index (κ2) is 2.23. The van der Waals surface area contributed by atoms with E-state index in [0.717, 1.165) is 5.56 Å². The Morgan fingerprint density at radius 3 is 2.67 bits per heavy atom. The first kappa shape index (κ1) is 6.36. The van der Waals surface area contributed by atoms with Crippen LogP contribution in [0.15, 0.2) is 12.4 Å². The van der Waals surface area contributed by atoms with Crippen LogP contribution in [0.5, 0.6) is 0 Å². The standard InChI is InChI=1S/C6H7ClN2/c1-4-5(7)2-9-3-6(4)8/h2-3H,8H2,1H3. The van der Waals surface area contributed by atoms with Gasteiger partial charge in [0.25, 0.3) is 0 Å². The molecule has 1 rings (SSSR count). The summed E-state index contributed by atoms with van der Waals surface area (Å²) in [5.41, 5.74) is 7.01. The van der Waals surface area contributed by atoms with Crippen LogP contribution >= 0.6 is 11.6 Å². The maximum Gasteiger partial charge on any atom is 0.0639 e. The number of pyridine rings is 1. The van der Waals surface area contributed by atoms with Gasteiger partial charge in [-0.3, -0.25) is 4.98 Å². The molecule has 0 saturated heterocycles. The molecule has 0 bridgehead atoms. The fraction of sp³-hybridized carbons (Fsp3) is 0.167. The number of aromatic nitrogens is 1. The SMILES string of the molecule is Cc1c(N)cncc1Cl. The van der Waals surface area contributed by atoms with E-state index in [-0.39, 0.29) is 0 Å². The summed E-state index contributed by atoms with van der Waals surface area (Å²) >= 11 is 5.67. The van der Waals surface area contributed by atoms with Crippen LogP contribution in [0.3, 0.4) is 0 Å². The van der Waals surface area contributed by atoms with Gasteiger partial charge in [0.1, 0.15) is 0 Å². The first-order valence-electron chi connectivity index (χ1n) is 2.57. The topological polar surface area (TPSA) is 38.9 Å². The third kappa shape index (κ3) is 1.13. The van der Waals surface area contributed by atoms with Crippen molar-refractivity contribution in [1.29, 1.82) is 0 Å². The van der Waals surface area contributed by atoms with Gasteiger partial charge in [-0.15, -0.1) is 0 Å². The molecule has 9 heavy (non-hydrogen) atoms. The molecule has 0 aromatic carbocycles. The molecule has 0 aliphatic rings. The molecule has 3 heteroatoms. The van der Waals surface area contributed by atoms with E-state index in [1.807, 2.05) is 6.92 Å². The van der Waals surface area contributed by atoms with Crippen molar-refractivity contribution in [3.8, 4) is 0 Å². The van der Waals surface area contributed by atoms with Crippen LogP contribution in [-0.4, -0.2) is 4.98 Å². The van der Waals surface area contributed by atoms with E-state index in [0.29, 0.717) is 10.7 Å². The Labute approximate surface area is 58.7 Å². The van der Waals surface area contributed by atoms with E-state index in [9.17, 15) is 0 Å². The fourth-order valence-electron chi connectivity index (χ4n) is 0.515. The first-order valence-corrected chi connectivity index (χ1v) is 2.95. The maximum atomic E-state index is 5.67. The number of nitrogens with zero attached hydrogens (tertiary/aromatic N) is 1. The highest BCUT2D eigenvalue weighted by atomic mass is 35.5. The van der Waals surface area contributed by atoms with Gasteiger partial charge in [0, 0.05) is 6.20 Å². The van der Waals surface area contributed by atoms with E-state index in [1.54, 1.807) is 12.4 Å². The zero-order valence-electron chi connectivity index (χ0n) is 5.06. The predicted molar refractivity (Wildman–Crippen MR) is 38.4 cm³/mol. The monoisotopic (exact) mass is 142 g/mol. The van der Waals surface area contributed by atoms with Crippen LogP contribution in [0.25, 0.3) is 0 Å². The van der Waals surface area contributed by atoms with Gasteiger partial charge in [0.2, 0.25) is 0 Å². The van der Waals surface area contributed by atoms with Crippen LogP contribution in [0.1, 0.15) is 5.56 Å². The highest BCUT2D eigenvalue weighted by Crippen LogP contribution is 2.17. The Hall–Kier alpha value is -0.760. The van der Waals surface area contributed by atoms with Crippen molar-refractivity contribution in [2.75, 3.05) is 5.73 Å². The van der Waals surface area contributed by atoms with Gasteiger partial charge in [-0.25, -0.2) is 0 Å². The summed E-state index contributed by atoms with van der Waals surface area (Å²) in [5.74, 6) is 0. The van der Waals surface area contributed by atoms with Crippen molar-refractivity contribution in [3.63, 3.8) is 0 Å². The van der Waals surface area contributed by atoms with E-state index in [4.69, 9.17) is 17.3 Å². The van der Waals surface area contributed by atoms with E-state index >= 15 is 0 Å². The molecule has 0 unspecified atom stereocenters. The number of nitrogens with two attached hydrogens (primary N) is 1. The number of hydrogen-bond acceptors (Lipinski definition) is 2. The summed E-state index contributed by atoms with van der Waals surface area (Å²) in [7, 11) is 0. The lowest BCUT2D eigenvalue weighted by Crippen LogP contribution is -1.90. The van der Waals surface area contributed by atoms with Crippen molar-refractivity contribution < 1.29 is 0 Å². The maximum absolute atomic E-state index is 5.67. The number of anilines is 1. The number of rotatable bonds is 0. The molecule has 48 valence electrons. The number of nitrogen functional groups attached to an aromatic ring is 1. The minimum Gasteiger partial charge on any atom is -0.397 e. The molecule has 0 spiro atoms. The molecule has 2 nitrogen and oxygen atoms in total. The quantitative estimate of drug-likeness (QED) is 0.598. The lowest BCUT2D eigenvalue weighted by Gasteiger charge is -1.97. The second-order valence-electron chi connectivity index (χ2n) is 1.84. The highest BCUT2D eigenvalue weighted by Gasteiger charge is 1.95. The zero-order chi connectivity index (χ0) is 6.85. The van der Waals surface area contributed by atoms with Gasteiger partial charge in [0.05, 0.1) is 16.9 Å². The Morgan fingerprint density at radius 2 is 2.22 bits per heavy atom. The molecule has 0 fully saturated rings. The van der Waals surface area contributed by atoms with Crippen LogP contribution in [0.2, 0.25) is 5.02 Å². The average Bonchev–Trinajstić information content (AvgIpc) is 1.83. The smallest absolute Gasteiger partial charge is 0.0639 e. The summed E-state index contributed by atoms with van der Waals surface area (Å²) in [6, 6.07) is 0. The molecule has 0 saturated carbocycles. The van der Waals surface area contributed by atoms with E-state index in [2.05, 4.69) is 4.98 Å². The molecule has 0 radical (unpaired) electrons. The lowest BCUT2D eigenvalue weighted by molar-refractivity contribution is 1.29. The third-order valence-corrected chi connectivity index (χ3v) is 1.57. The summed E-state index contributed by atoms with van der Waals surface area (Å²) in [6.45, 7) is 1.86. The van der Waals surface area contributed by atoms with Gasteiger partial charge in [0.15, 0.2) is 0 Å². The van der Waals surface area contributed by atoms with E-state index < -0.39 is 0 Å². The Bertz CT molecular complexity index is 202. The summed E-state index contributed by atoms with van der Waals surface area (Å²) < 4.78 is 0. The molecular formula is C6H7ClN2. The number of hydrogen-bond donors (Lipinski definition) is 1.